The molecule has 0 aliphatic heterocycles. The molecule has 18 heteroatoms. The fraction of sp³-hybridized carbons (Fsp3) is 0. The van der Waals surface area contributed by atoms with Gasteiger partial charge < -0.3 is 84.7 Å². The number of rotatable bonds is 0. The van der Waals surface area contributed by atoms with E-state index in [0.717, 1.165) is 0 Å². The standard InChI is InChI=1S/3O4Si.3Si/c3*1-5(2,3)4;;;/q3*-4;3*+4. The van der Waals surface area contributed by atoms with Gasteiger partial charge in [-0.05, 0) is 0 Å². The first kappa shape index (κ1) is 36.4. The second-order valence-electron chi connectivity index (χ2n) is 1.50. The van der Waals surface area contributed by atoms with Crippen molar-refractivity contribution in [2.45, 2.75) is 0 Å². The topological polar surface area (TPSA) is 277 Å². The Bertz CT molecular complexity index is 91.6. The van der Waals surface area contributed by atoms with Crippen LogP contribution in [0.3, 0.4) is 0 Å². The normalized spacial score (nSPS) is 10.0. The molecule has 0 saturated carbocycles. The van der Waals surface area contributed by atoms with Gasteiger partial charge in [0.2, 0.25) is 0 Å². The molecule has 0 saturated heterocycles. The average Bonchev–Trinajstić information content (AvgIpc) is 1.41. The molecular formula is O12Si6. The maximum absolute atomic E-state index is 8.58. The molecule has 0 spiro atoms. The first-order chi connectivity index (χ1) is 6.00. The summed E-state index contributed by atoms with van der Waals surface area (Å²) in [6.45, 7) is 0. The minimum absolute atomic E-state index is 0. The Morgan fingerprint density at radius 3 is 0.278 bits per heavy atom. The van der Waals surface area contributed by atoms with Gasteiger partial charge in [-0.15, -0.1) is 0 Å². The van der Waals surface area contributed by atoms with Gasteiger partial charge in [-0.2, -0.15) is 0 Å². The number of hydrogen-bond donors (Lipinski definition) is 0. The summed E-state index contributed by atoms with van der Waals surface area (Å²) in [4.78, 5) is 103. The maximum atomic E-state index is 8.58. The summed E-state index contributed by atoms with van der Waals surface area (Å²) in [5.41, 5.74) is 0. The van der Waals surface area contributed by atoms with Gasteiger partial charge >= 0.3 is 32.9 Å². The van der Waals surface area contributed by atoms with Crippen LogP contribution in [0.4, 0.5) is 0 Å². The zero-order valence-corrected chi connectivity index (χ0v) is 13.9. The predicted octanol–water partition coefficient (Wildman–Crippen LogP) is -16.6. The van der Waals surface area contributed by atoms with Crippen LogP contribution in [0.2, 0.25) is 0 Å². The third kappa shape index (κ3) is 6240. The van der Waals surface area contributed by atoms with Gasteiger partial charge in [0, 0.05) is 0 Å². The fourth-order valence-corrected chi connectivity index (χ4v) is 0. The van der Waals surface area contributed by atoms with E-state index in [1.54, 1.807) is 0 Å². The van der Waals surface area contributed by atoms with Crippen LogP contribution >= 0.6 is 0 Å². The van der Waals surface area contributed by atoms with Gasteiger partial charge in [0.15, 0.2) is 0 Å². The van der Waals surface area contributed by atoms with Crippen molar-refractivity contribution in [1.82, 2.24) is 0 Å². The molecule has 96 valence electrons. The van der Waals surface area contributed by atoms with Gasteiger partial charge in [-0.3, -0.25) is 0 Å². The van der Waals surface area contributed by atoms with E-state index in [1.165, 1.54) is 0 Å². The fourth-order valence-electron chi connectivity index (χ4n) is 0. The minimum atomic E-state index is -5.61. The third-order valence-corrected chi connectivity index (χ3v) is 0. The van der Waals surface area contributed by atoms with Crippen molar-refractivity contribution in [2.75, 3.05) is 0 Å². The molecular weight excluding hydrogens is 361 g/mol. The van der Waals surface area contributed by atoms with E-state index in [4.69, 9.17) is 57.5 Å². The van der Waals surface area contributed by atoms with E-state index >= 15 is 0 Å². The van der Waals surface area contributed by atoms with Crippen LogP contribution in [0.1, 0.15) is 0 Å². The molecule has 18 heavy (non-hydrogen) atoms. The van der Waals surface area contributed by atoms with Crippen molar-refractivity contribution >= 4 is 60.0 Å². The van der Waals surface area contributed by atoms with Crippen LogP contribution in [0.25, 0.3) is 0 Å². The summed E-state index contributed by atoms with van der Waals surface area (Å²) >= 11 is 0. The van der Waals surface area contributed by atoms with E-state index in [0.29, 0.717) is 0 Å². The van der Waals surface area contributed by atoms with E-state index < -0.39 is 27.1 Å². The molecule has 0 aromatic heterocycles. The van der Waals surface area contributed by atoms with E-state index in [2.05, 4.69) is 0 Å². The molecule has 0 aromatic rings. The van der Waals surface area contributed by atoms with Crippen LogP contribution < -0.4 is 57.5 Å². The second kappa shape index (κ2) is 14.2. The minimum Gasteiger partial charge on any atom is -0.894 e. The largest absolute Gasteiger partial charge is 4.00 e. The smallest absolute Gasteiger partial charge is 0.894 e. The molecule has 0 atom stereocenters. The predicted molar refractivity (Wildman–Crippen MR) is 34.5 cm³/mol. The molecule has 0 unspecified atom stereocenters. The Kier molecular flexibility index (Phi) is 28.8. The Morgan fingerprint density at radius 1 is 0.278 bits per heavy atom. The van der Waals surface area contributed by atoms with Crippen LogP contribution in [0, 0.1) is 0 Å². The summed E-state index contributed by atoms with van der Waals surface area (Å²) in [7, 11) is -16.8. The third-order valence-electron chi connectivity index (χ3n) is 0. The first-order valence-electron chi connectivity index (χ1n) is 2.45. The van der Waals surface area contributed by atoms with Gasteiger partial charge in [0.1, 0.15) is 0 Å². The van der Waals surface area contributed by atoms with Crippen LogP contribution in [-0.2, 0) is 0 Å². The quantitative estimate of drug-likeness (QED) is 0.364. The zero-order chi connectivity index (χ0) is 13.5. The Hall–Kier alpha value is 0.821. The van der Waals surface area contributed by atoms with Gasteiger partial charge in [-0.1, -0.05) is 0 Å². The molecule has 0 rings (SSSR count). The summed E-state index contributed by atoms with van der Waals surface area (Å²) in [5.74, 6) is 0. The summed E-state index contributed by atoms with van der Waals surface area (Å²) in [6, 6.07) is 0. The van der Waals surface area contributed by atoms with Crippen molar-refractivity contribution in [2.24, 2.45) is 0 Å². The molecule has 0 radical (unpaired) electrons. The van der Waals surface area contributed by atoms with Crippen molar-refractivity contribution in [3.8, 4) is 0 Å². The van der Waals surface area contributed by atoms with Crippen LogP contribution in [-0.4, -0.2) is 60.0 Å². The first-order valence-corrected chi connectivity index (χ1v) is 7.35. The maximum Gasteiger partial charge on any atom is 4.00 e. The van der Waals surface area contributed by atoms with Crippen molar-refractivity contribution < 1.29 is 57.5 Å². The monoisotopic (exact) mass is 360 g/mol. The summed E-state index contributed by atoms with van der Waals surface area (Å²) < 4.78 is 0. The SMILES string of the molecule is [O-][Si]([O-])([O-])[O-].[O-][Si]([O-])([O-])[O-].[O-][Si]([O-])([O-])[O-].[Si+4].[Si+4].[Si+4]. The Labute approximate surface area is 118 Å². The summed E-state index contributed by atoms with van der Waals surface area (Å²) in [6.07, 6.45) is 0. The van der Waals surface area contributed by atoms with Crippen molar-refractivity contribution in [3.63, 3.8) is 0 Å². The zero-order valence-electron chi connectivity index (χ0n) is 7.90. The van der Waals surface area contributed by atoms with Gasteiger partial charge in [0.25, 0.3) is 0 Å². The van der Waals surface area contributed by atoms with Crippen molar-refractivity contribution in [3.05, 3.63) is 0 Å². The summed E-state index contributed by atoms with van der Waals surface area (Å²) in [5, 5.41) is 0. The molecule has 0 amide bonds. The molecule has 0 N–H and O–H groups in total. The van der Waals surface area contributed by atoms with Crippen LogP contribution in [0.15, 0.2) is 0 Å². The molecule has 0 aliphatic rings. The second-order valence-corrected chi connectivity index (χ2v) is 4.50. The molecule has 0 heterocycles. The van der Waals surface area contributed by atoms with E-state index in [-0.39, 0.29) is 32.9 Å². The van der Waals surface area contributed by atoms with Gasteiger partial charge in [-0.25, -0.2) is 0 Å². The Morgan fingerprint density at radius 2 is 0.278 bits per heavy atom. The Balaban J connectivity index is -0.0000000277. The molecule has 0 fully saturated rings. The van der Waals surface area contributed by atoms with Gasteiger partial charge in [0.05, 0.1) is 0 Å². The van der Waals surface area contributed by atoms with E-state index in [9.17, 15) is 0 Å². The molecule has 0 aliphatic carbocycles. The van der Waals surface area contributed by atoms with Crippen LogP contribution in [0.5, 0.6) is 0 Å². The van der Waals surface area contributed by atoms with E-state index in [1.807, 2.05) is 0 Å². The molecule has 12 nitrogen and oxygen atoms in total. The molecule has 0 aromatic carbocycles. The molecule has 0 bridgehead atoms. The number of hydrogen-bond acceptors (Lipinski definition) is 12. The van der Waals surface area contributed by atoms with Crippen molar-refractivity contribution in [1.29, 1.82) is 0 Å². The average molecular weight is 361 g/mol.